The topological polar surface area (TPSA) is 23.5 Å². The molecule has 1 rings (SSSR count). The highest BCUT2D eigenvalue weighted by molar-refractivity contribution is 9.09. The number of halogens is 1. The van der Waals surface area contributed by atoms with E-state index in [0.29, 0.717) is 5.33 Å². The molecule has 0 amide bonds. The fourth-order valence-electron chi connectivity index (χ4n) is 1.49. The summed E-state index contributed by atoms with van der Waals surface area (Å²) < 4.78 is 0. The van der Waals surface area contributed by atoms with Gasteiger partial charge >= 0.3 is 0 Å². The summed E-state index contributed by atoms with van der Waals surface area (Å²) in [5.74, 6) is 0. The average molecular weight is 222 g/mol. The molecule has 1 aliphatic heterocycles. The summed E-state index contributed by atoms with van der Waals surface area (Å²) in [6.07, 6.45) is 3.78. The van der Waals surface area contributed by atoms with Gasteiger partial charge in [-0.1, -0.05) is 22.4 Å². The molecular formula is C8H16BrNO. The molecule has 0 aliphatic carbocycles. The molecule has 1 atom stereocenters. The van der Waals surface area contributed by atoms with Crippen LogP contribution in [0.25, 0.3) is 0 Å². The third-order valence-corrected chi connectivity index (χ3v) is 2.84. The summed E-state index contributed by atoms with van der Waals surface area (Å²) in [5.41, 5.74) is 0. The first kappa shape index (κ1) is 9.49. The van der Waals surface area contributed by atoms with E-state index in [1.807, 2.05) is 0 Å². The van der Waals surface area contributed by atoms with Gasteiger partial charge in [0.15, 0.2) is 0 Å². The smallest absolute Gasteiger partial charge is 0.0763 e. The number of hydrogen-bond acceptors (Lipinski definition) is 2. The van der Waals surface area contributed by atoms with Crippen LogP contribution in [0.15, 0.2) is 0 Å². The van der Waals surface area contributed by atoms with Crippen molar-refractivity contribution in [1.82, 2.24) is 4.90 Å². The van der Waals surface area contributed by atoms with Gasteiger partial charge in [-0.2, -0.15) is 0 Å². The summed E-state index contributed by atoms with van der Waals surface area (Å²) >= 11 is 3.26. The van der Waals surface area contributed by atoms with Crippen molar-refractivity contribution in [2.24, 2.45) is 0 Å². The van der Waals surface area contributed by atoms with E-state index in [-0.39, 0.29) is 6.10 Å². The van der Waals surface area contributed by atoms with E-state index in [9.17, 15) is 5.11 Å². The standard InChI is InChI=1S/C8H16BrNO/c9-6-8(11)7-10-4-2-1-3-5-10/h8,11H,1-7H2/t8-/m0/s1. The number of aliphatic hydroxyl groups excluding tert-OH is 1. The maximum atomic E-state index is 9.32. The summed E-state index contributed by atoms with van der Waals surface area (Å²) in [6, 6.07) is 0. The molecule has 0 bridgehead atoms. The highest BCUT2D eigenvalue weighted by atomic mass is 79.9. The molecule has 0 aromatic rings. The van der Waals surface area contributed by atoms with Gasteiger partial charge in [0.1, 0.15) is 0 Å². The van der Waals surface area contributed by atoms with Crippen LogP contribution in [-0.2, 0) is 0 Å². The van der Waals surface area contributed by atoms with Crippen molar-refractivity contribution in [2.45, 2.75) is 25.4 Å². The monoisotopic (exact) mass is 221 g/mol. The second-order valence-electron chi connectivity index (χ2n) is 3.17. The largest absolute Gasteiger partial charge is 0.391 e. The van der Waals surface area contributed by atoms with Crippen LogP contribution in [0.5, 0.6) is 0 Å². The van der Waals surface area contributed by atoms with Crippen LogP contribution in [0, 0.1) is 0 Å². The fourth-order valence-corrected chi connectivity index (χ4v) is 1.69. The second kappa shape index (κ2) is 5.12. The number of likely N-dealkylation sites (tertiary alicyclic amines) is 1. The molecular weight excluding hydrogens is 206 g/mol. The lowest BCUT2D eigenvalue weighted by Crippen LogP contribution is -2.36. The highest BCUT2D eigenvalue weighted by Gasteiger charge is 2.12. The number of aliphatic hydroxyl groups is 1. The Morgan fingerprint density at radius 1 is 1.27 bits per heavy atom. The minimum absolute atomic E-state index is 0.187. The molecule has 1 saturated heterocycles. The van der Waals surface area contributed by atoms with Crippen molar-refractivity contribution in [3.8, 4) is 0 Å². The summed E-state index contributed by atoms with van der Waals surface area (Å²) in [6.45, 7) is 3.18. The van der Waals surface area contributed by atoms with E-state index in [1.54, 1.807) is 0 Å². The lowest BCUT2D eigenvalue weighted by atomic mass is 10.1. The number of alkyl halides is 1. The molecule has 1 N–H and O–H groups in total. The lowest BCUT2D eigenvalue weighted by molar-refractivity contribution is 0.118. The maximum absolute atomic E-state index is 9.32. The van der Waals surface area contributed by atoms with E-state index in [0.717, 1.165) is 6.54 Å². The van der Waals surface area contributed by atoms with Crippen molar-refractivity contribution in [3.63, 3.8) is 0 Å². The Morgan fingerprint density at radius 3 is 2.45 bits per heavy atom. The van der Waals surface area contributed by atoms with E-state index < -0.39 is 0 Å². The number of nitrogens with zero attached hydrogens (tertiary/aromatic N) is 1. The summed E-state index contributed by atoms with van der Waals surface area (Å²) in [4.78, 5) is 2.34. The number of β-amino-alcohol motifs (C(OH)–C–C–N with tert-alkyl or cyclic N) is 1. The zero-order valence-electron chi connectivity index (χ0n) is 6.80. The molecule has 0 radical (unpaired) electrons. The van der Waals surface area contributed by atoms with Crippen molar-refractivity contribution < 1.29 is 5.11 Å². The zero-order chi connectivity index (χ0) is 8.10. The quantitative estimate of drug-likeness (QED) is 0.726. The molecule has 1 aliphatic rings. The van der Waals surface area contributed by atoms with Gasteiger partial charge in [-0.25, -0.2) is 0 Å². The fraction of sp³-hybridized carbons (Fsp3) is 1.00. The average Bonchev–Trinajstić information content (AvgIpc) is 2.06. The normalized spacial score (nSPS) is 23.5. The minimum atomic E-state index is -0.187. The first-order chi connectivity index (χ1) is 5.33. The highest BCUT2D eigenvalue weighted by Crippen LogP contribution is 2.09. The minimum Gasteiger partial charge on any atom is -0.391 e. The third-order valence-electron chi connectivity index (χ3n) is 2.10. The second-order valence-corrected chi connectivity index (χ2v) is 3.82. The van der Waals surface area contributed by atoms with Crippen LogP contribution in [0.4, 0.5) is 0 Å². The first-order valence-electron chi connectivity index (χ1n) is 4.29. The first-order valence-corrected chi connectivity index (χ1v) is 5.41. The van der Waals surface area contributed by atoms with Crippen LogP contribution >= 0.6 is 15.9 Å². The van der Waals surface area contributed by atoms with Crippen molar-refractivity contribution >= 4 is 15.9 Å². The van der Waals surface area contributed by atoms with Crippen LogP contribution in [0.2, 0.25) is 0 Å². The Balaban J connectivity index is 2.13. The van der Waals surface area contributed by atoms with Gasteiger partial charge in [-0.3, -0.25) is 0 Å². The lowest BCUT2D eigenvalue weighted by Gasteiger charge is -2.27. The molecule has 66 valence electrons. The van der Waals surface area contributed by atoms with Crippen LogP contribution < -0.4 is 0 Å². The van der Waals surface area contributed by atoms with Crippen LogP contribution in [0.3, 0.4) is 0 Å². The molecule has 0 aromatic heterocycles. The predicted molar refractivity (Wildman–Crippen MR) is 50.1 cm³/mol. The van der Waals surface area contributed by atoms with Crippen LogP contribution in [-0.4, -0.2) is 41.1 Å². The zero-order valence-corrected chi connectivity index (χ0v) is 8.39. The molecule has 0 saturated carbocycles. The van der Waals surface area contributed by atoms with E-state index in [2.05, 4.69) is 20.8 Å². The molecule has 2 nitrogen and oxygen atoms in total. The third kappa shape index (κ3) is 3.54. The Bertz CT molecular complexity index is 104. The van der Waals surface area contributed by atoms with Gasteiger partial charge < -0.3 is 10.0 Å². The Kier molecular flexibility index (Phi) is 4.41. The Morgan fingerprint density at radius 2 is 1.91 bits per heavy atom. The number of hydrogen-bond donors (Lipinski definition) is 1. The van der Waals surface area contributed by atoms with Gasteiger partial charge in [0, 0.05) is 11.9 Å². The van der Waals surface area contributed by atoms with Crippen LogP contribution in [0.1, 0.15) is 19.3 Å². The molecule has 1 fully saturated rings. The van der Waals surface area contributed by atoms with E-state index >= 15 is 0 Å². The van der Waals surface area contributed by atoms with Crippen molar-refractivity contribution in [1.29, 1.82) is 0 Å². The van der Waals surface area contributed by atoms with Gasteiger partial charge in [0.2, 0.25) is 0 Å². The predicted octanol–water partition coefficient (Wildman–Crippen LogP) is 1.23. The molecule has 0 unspecified atom stereocenters. The van der Waals surface area contributed by atoms with Gasteiger partial charge in [-0.15, -0.1) is 0 Å². The maximum Gasteiger partial charge on any atom is 0.0763 e. The molecule has 11 heavy (non-hydrogen) atoms. The van der Waals surface area contributed by atoms with E-state index in [4.69, 9.17) is 0 Å². The molecule has 3 heteroatoms. The molecule has 1 heterocycles. The van der Waals surface area contributed by atoms with Gasteiger partial charge in [-0.05, 0) is 25.9 Å². The van der Waals surface area contributed by atoms with Gasteiger partial charge in [0.25, 0.3) is 0 Å². The SMILES string of the molecule is O[C@@H](CBr)CN1CCCCC1. The Hall–Kier alpha value is 0.400. The molecule has 0 spiro atoms. The van der Waals surface area contributed by atoms with E-state index in [1.165, 1.54) is 32.4 Å². The van der Waals surface area contributed by atoms with Crippen molar-refractivity contribution in [3.05, 3.63) is 0 Å². The molecule has 0 aromatic carbocycles. The summed E-state index contributed by atoms with van der Waals surface area (Å²) in [5, 5.41) is 10.0. The van der Waals surface area contributed by atoms with Crippen molar-refractivity contribution in [2.75, 3.05) is 25.0 Å². The number of piperidine rings is 1. The number of rotatable bonds is 3. The van der Waals surface area contributed by atoms with Gasteiger partial charge in [0.05, 0.1) is 6.10 Å². The Labute approximate surface area is 76.7 Å². The summed E-state index contributed by atoms with van der Waals surface area (Å²) in [7, 11) is 0.